The Morgan fingerprint density at radius 1 is 1.28 bits per heavy atom. The molecule has 2 aliphatic heterocycles. The van der Waals surface area contributed by atoms with Gasteiger partial charge in [-0.25, -0.2) is 9.78 Å². The van der Waals surface area contributed by atoms with Crippen molar-refractivity contribution in [1.29, 1.82) is 0 Å². The van der Waals surface area contributed by atoms with E-state index in [1.165, 1.54) is 0 Å². The lowest BCUT2D eigenvalue weighted by atomic mass is 9.86. The number of nitrogens with zero attached hydrogens (tertiary/aromatic N) is 2. The van der Waals surface area contributed by atoms with Crippen LogP contribution in [0.4, 0.5) is 0 Å². The molecular formula is C24H23ClN2O5. The fourth-order valence-electron chi connectivity index (χ4n) is 4.80. The number of rotatable bonds is 5. The van der Waals surface area contributed by atoms with Crippen LogP contribution in [-0.4, -0.2) is 33.6 Å². The Hall–Kier alpha value is -2.90. The van der Waals surface area contributed by atoms with Gasteiger partial charge < -0.3 is 19.1 Å². The van der Waals surface area contributed by atoms with E-state index < -0.39 is 11.6 Å². The van der Waals surface area contributed by atoms with E-state index >= 15 is 0 Å². The highest BCUT2D eigenvalue weighted by Crippen LogP contribution is 2.40. The monoisotopic (exact) mass is 454 g/mol. The number of esters is 1. The van der Waals surface area contributed by atoms with Gasteiger partial charge in [0.05, 0.1) is 36.1 Å². The number of aromatic nitrogens is 2. The van der Waals surface area contributed by atoms with E-state index in [2.05, 4.69) is 0 Å². The molecule has 1 aromatic carbocycles. The minimum Gasteiger partial charge on any atom is -0.497 e. The third-order valence-electron chi connectivity index (χ3n) is 6.57. The molecule has 0 saturated carbocycles. The molecule has 0 amide bonds. The van der Waals surface area contributed by atoms with Crippen molar-refractivity contribution in [2.75, 3.05) is 13.0 Å². The molecule has 4 heterocycles. The first-order valence-electron chi connectivity index (χ1n) is 10.7. The summed E-state index contributed by atoms with van der Waals surface area (Å²) in [6.45, 7) is 1.92. The Morgan fingerprint density at radius 3 is 2.81 bits per heavy atom. The van der Waals surface area contributed by atoms with Crippen LogP contribution in [0.5, 0.6) is 5.75 Å². The zero-order valence-electron chi connectivity index (χ0n) is 17.9. The molecule has 0 bridgehead atoms. The van der Waals surface area contributed by atoms with Crippen molar-refractivity contribution >= 4 is 28.5 Å². The molecule has 8 heteroatoms. The third-order valence-corrected chi connectivity index (χ3v) is 6.84. The van der Waals surface area contributed by atoms with E-state index in [1.807, 2.05) is 18.2 Å². The molecule has 0 unspecified atom stereocenters. The summed E-state index contributed by atoms with van der Waals surface area (Å²) in [4.78, 5) is 30.6. The van der Waals surface area contributed by atoms with E-state index in [4.69, 9.17) is 26.1 Å². The van der Waals surface area contributed by atoms with Crippen molar-refractivity contribution in [3.8, 4) is 17.1 Å². The second-order valence-electron chi connectivity index (χ2n) is 8.20. The van der Waals surface area contributed by atoms with Gasteiger partial charge in [0.15, 0.2) is 5.60 Å². The van der Waals surface area contributed by atoms with Crippen molar-refractivity contribution in [1.82, 2.24) is 9.55 Å². The highest BCUT2D eigenvalue weighted by molar-refractivity contribution is 6.17. The molecule has 2 aromatic heterocycles. The summed E-state index contributed by atoms with van der Waals surface area (Å²) < 4.78 is 12.2. The van der Waals surface area contributed by atoms with Gasteiger partial charge in [0.25, 0.3) is 5.56 Å². The predicted octanol–water partition coefficient (Wildman–Crippen LogP) is 3.26. The third kappa shape index (κ3) is 2.88. The van der Waals surface area contributed by atoms with Gasteiger partial charge >= 0.3 is 5.97 Å². The van der Waals surface area contributed by atoms with Gasteiger partial charge in [0.2, 0.25) is 0 Å². The molecule has 0 aliphatic carbocycles. The second-order valence-corrected chi connectivity index (χ2v) is 8.57. The summed E-state index contributed by atoms with van der Waals surface area (Å²) in [6.07, 6.45) is 1.63. The summed E-state index contributed by atoms with van der Waals surface area (Å²) in [5.74, 6) is 0.529. The Kier molecular flexibility index (Phi) is 4.98. The molecule has 5 rings (SSSR count). The molecular weight excluding hydrogens is 432 g/mol. The molecule has 166 valence electrons. The van der Waals surface area contributed by atoms with E-state index in [0.29, 0.717) is 34.9 Å². The maximum absolute atomic E-state index is 13.4. The van der Waals surface area contributed by atoms with Crippen molar-refractivity contribution < 1.29 is 19.4 Å². The predicted molar refractivity (Wildman–Crippen MR) is 120 cm³/mol. The number of carbonyl (C=O) groups excluding carboxylic acids is 1. The maximum atomic E-state index is 13.4. The minimum atomic E-state index is -1.84. The van der Waals surface area contributed by atoms with Crippen LogP contribution in [0.3, 0.4) is 0 Å². The van der Waals surface area contributed by atoms with Crippen LogP contribution >= 0.6 is 11.6 Å². The number of hydrogen-bond donors (Lipinski definition) is 1. The van der Waals surface area contributed by atoms with Gasteiger partial charge in [-0.3, -0.25) is 4.79 Å². The van der Waals surface area contributed by atoms with Crippen LogP contribution in [0, 0.1) is 0 Å². The van der Waals surface area contributed by atoms with Crippen LogP contribution in [-0.2, 0) is 34.7 Å². The summed E-state index contributed by atoms with van der Waals surface area (Å²) in [5, 5.41) is 12.0. The zero-order chi connectivity index (χ0) is 22.6. The Morgan fingerprint density at radius 2 is 2.09 bits per heavy atom. The molecule has 3 aromatic rings. The Labute approximate surface area is 189 Å². The molecule has 1 N–H and O–H groups in total. The summed E-state index contributed by atoms with van der Waals surface area (Å²) in [6, 6.07) is 7.46. The van der Waals surface area contributed by atoms with Gasteiger partial charge in [0.1, 0.15) is 12.4 Å². The van der Waals surface area contributed by atoms with Crippen molar-refractivity contribution in [3.05, 3.63) is 56.9 Å². The normalized spacial score (nSPS) is 18.8. The number of halogens is 1. The number of cyclic esters (lactones) is 1. The second kappa shape index (κ2) is 7.60. The molecule has 7 nitrogen and oxygen atoms in total. The van der Waals surface area contributed by atoms with Crippen LogP contribution in [0.1, 0.15) is 42.0 Å². The lowest BCUT2D eigenvalue weighted by Gasteiger charge is -2.31. The number of aryl methyl sites for hydroxylation is 1. The molecule has 32 heavy (non-hydrogen) atoms. The summed E-state index contributed by atoms with van der Waals surface area (Å²) in [5.41, 5.74) is 2.68. The maximum Gasteiger partial charge on any atom is 0.343 e. The molecule has 2 aliphatic rings. The molecule has 0 radical (unpaired) electrons. The Balaban J connectivity index is 1.79. The standard InChI is InChI=1S/C24H23ClN2O5/c1-3-24(30)18-10-20-21-16(11-27(20)22(28)17(18)12-32-23(24)29)14(5-4-8-25)15-9-13(31-2)6-7-19(15)26-21/h6-7,9-10,30H,3-5,8,11-12H2,1-2H3/t24-/m0/s1. The average molecular weight is 455 g/mol. The smallest absolute Gasteiger partial charge is 0.343 e. The number of aliphatic hydroxyl groups is 1. The number of fused-ring (bicyclic) bond motifs is 5. The first-order chi connectivity index (χ1) is 15.4. The van der Waals surface area contributed by atoms with Gasteiger partial charge in [-0.2, -0.15) is 0 Å². The van der Waals surface area contributed by atoms with Crippen LogP contribution in [0.25, 0.3) is 22.3 Å². The van der Waals surface area contributed by atoms with Gasteiger partial charge in [-0.1, -0.05) is 6.92 Å². The van der Waals surface area contributed by atoms with E-state index in [0.717, 1.165) is 40.6 Å². The minimum absolute atomic E-state index is 0.112. The quantitative estimate of drug-likeness (QED) is 0.367. The van der Waals surface area contributed by atoms with E-state index in [9.17, 15) is 14.7 Å². The highest BCUT2D eigenvalue weighted by Gasteiger charge is 2.45. The van der Waals surface area contributed by atoms with E-state index in [1.54, 1.807) is 24.7 Å². The number of alkyl halides is 1. The lowest BCUT2D eigenvalue weighted by molar-refractivity contribution is -0.172. The van der Waals surface area contributed by atoms with Gasteiger partial charge in [-0.05, 0) is 49.1 Å². The van der Waals surface area contributed by atoms with Gasteiger partial charge in [-0.15, -0.1) is 11.6 Å². The largest absolute Gasteiger partial charge is 0.497 e. The lowest BCUT2D eigenvalue weighted by Crippen LogP contribution is -2.44. The molecule has 0 fully saturated rings. The number of pyridine rings is 2. The first kappa shape index (κ1) is 21.0. The molecule has 0 spiro atoms. The zero-order valence-corrected chi connectivity index (χ0v) is 18.7. The van der Waals surface area contributed by atoms with Crippen LogP contribution in [0.15, 0.2) is 29.1 Å². The fourth-order valence-corrected chi connectivity index (χ4v) is 4.93. The average Bonchev–Trinajstić information content (AvgIpc) is 3.18. The first-order valence-corrected chi connectivity index (χ1v) is 11.2. The van der Waals surface area contributed by atoms with E-state index in [-0.39, 0.29) is 18.6 Å². The van der Waals surface area contributed by atoms with Crippen LogP contribution in [0.2, 0.25) is 0 Å². The number of methoxy groups -OCH3 is 1. The molecule has 1 atom stereocenters. The number of ether oxygens (including phenoxy) is 2. The van der Waals surface area contributed by atoms with Gasteiger partial charge in [0, 0.05) is 22.4 Å². The number of benzene rings is 1. The van der Waals surface area contributed by atoms with Crippen molar-refractivity contribution in [2.24, 2.45) is 0 Å². The summed E-state index contributed by atoms with van der Waals surface area (Å²) in [7, 11) is 1.62. The van der Waals surface area contributed by atoms with Crippen molar-refractivity contribution in [3.63, 3.8) is 0 Å². The SMILES string of the molecule is CC[C@@]1(O)C(=O)OCc2c1cc1n(c2=O)Cc2c-1nc1ccc(OC)cc1c2CCCCl. The topological polar surface area (TPSA) is 90.7 Å². The molecule has 0 saturated heterocycles. The summed E-state index contributed by atoms with van der Waals surface area (Å²) >= 11 is 6.00. The number of hydrogen-bond acceptors (Lipinski definition) is 6. The van der Waals surface area contributed by atoms with Crippen LogP contribution < -0.4 is 10.3 Å². The highest BCUT2D eigenvalue weighted by atomic mass is 35.5. The fraction of sp³-hybridized carbons (Fsp3) is 0.375. The van der Waals surface area contributed by atoms with Crippen molar-refractivity contribution in [2.45, 2.75) is 44.9 Å². The number of carbonyl (C=O) groups is 1. The Bertz CT molecular complexity index is 1330.